The summed E-state index contributed by atoms with van der Waals surface area (Å²) in [6, 6.07) is 11.4. The second kappa shape index (κ2) is 8.30. The molecule has 0 unspecified atom stereocenters. The first-order valence-electron chi connectivity index (χ1n) is 9.47. The van der Waals surface area contributed by atoms with Crippen LogP contribution in [0.15, 0.2) is 47.1 Å². The minimum absolute atomic E-state index is 0.0650. The fourth-order valence-electron chi connectivity index (χ4n) is 3.36. The van der Waals surface area contributed by atoms with Gasteiger partial charge in [-0.3, -0.25) is 9.59 Å². The summed E-state index contributed by atoms with van der Waals surface area (Å²) in [5.74, 6) is 0.224. The summed E-state index contributed by atoms with van der Waals surface area (Å²) in [4.78, 5) is 24.0. The Kier molecular flexibility index (Phi) is 5.83. The van der Waals surface area contributed by atoms with E-state index in [0.29, 0.717) is 18.0 Å². The second-order valence-corrected chi connectivity index (χ2v) is 7.35. The monoisotopic (exact) mass is 378 g/mol. The van der Waals surface area contributed by atoms with Crippen LogP contribution in [0.3, 0.4) is 0 Å². The molecule has 3 aromatic rings. The summed E-state index contributed by atoms with van der Waals surface area (Å²) in [6.45, 7) is 6.82. The van der Waals surface area contributed by atoms with Crippen molar-refractivity contribution >= 4 is 22.8 Å². The van der Waals surface area contributed by atoms with Crippen molar-refractivity contribution in [2.24, 2.45) is 0 Å². The first kappa shape index (κ1) is 19.7. The van der Waals surface area contributed by atoms with Crippen LogP contribution in [0.4, 0.5) is 0 Å². The molecule has 0 atom stereocenters. The van der Waals surface area contributed by atoms with E-state index in [0.717, 1.165) is 22.1 Å². The normalized spacial score (nSPS) is 11.0. The zero-order chi connectivity index (χ0) is 20.3. The van der Waals surface area contributed by atoms with Gasteiger partial charge < -0.3 is 15.1 Å². The lowest BCUT2D eigenvalue weighted by atomic mass is 9.95. The van der Waals surface area contributed by atoms with E-state index in [1.165, 1.54) is 11.1 Å². The van der Waals surface area contributed by atoms with Crippen LogP contribution >= 0.6 is 0 Å². The van der Waals surface area contributed by atoms with Gasteiger partial charge in [0.15, 0.2) is 0 Å². The smallest absolute Gasteiger partial charge is 0.251 e. The van der Waals surface area contributed by atoms with Crippen molar-refractivity contribution in [2.75, 3.05) is 7.05 Å². The molecule has 0 aliphatic carbocycles. The molecule has 146 valence electrons. The van der Waals surface area contributed by atoms with Gasteiger partial charge in [-0.2, -0.15) is 0 Å². The Morgan fingerprint density at radius 1 is 1.11 bits per heavy atom. The Morgan fingerprint density at radius 2 is 1.82 bits per heavy atom. The van der Waals surface area contributed by atoms with Crippen LogP contribution in [0.5, 0.6) is 0 Å². The fourth-order valence-corrected chi connectivity index (χ4v) is 3.36. The number of rotatable bonds is 6. The molecule has 3 rings (SSSR count). The molecule has 1 aromatic heterocycles. The maximum atomic E-state index is 12.4. The Bertz CT molecular complexity index is 1000. The van der Waals surface area contributed by atoms with Gasteiger partial charge in [0.2, 0.25) is 5.91 Å². The number of amides is 2. The molecule has 28 heavy (non-hydrogen) atoms. The van der Waals surface area contributed by atoms with E-state index < -0.39 is 0 Å². The van der Waals surface area contributed by atoms with Gasteiger partial charge >= 0.3 is 0 Å². The lowest BCUT2D eigenvalue weighted by molar-refractivity contribution is -0.120. The molecule has 0 aliphatic heterocycles. The highest BCUT2D eigenvalue weighted by Crippen LogP contribution is 2.29. The Balaban J connectivity index is 1.66. The first-order valence-corrected chi connectivity index (χ1v) is 9.47. The Hall–Kier alpha value is -3.08. The number of hydrogen-bond donors (Lipinski definition) is 2. The predicted molar refractivity (Wildman–Crippen MR) is 110 cm³/mol. The summed E-state index contributed by atoms with van der Waals surface area (Å²) in [7, 11) is 1.60. The van der Waals surface area contributed by atoms with E-state index in [1.807, 2.05) is 18.2 Å². The molecule has 0 saturated carbocycles. The van der Waals surface area contributed by atoms with E-state index >= 15 is 0 Å². The number of aryl methyl sites for hydroxylation is 1. The standard InChI is InChI=1S/C23H26N2O3/c1-14(2)19-11-20-18(13-28-21(20)9-15(19)3)10-22(26)25-12-16-5-7-17(8-6-16)23(27)24-4/h5-9,11,13-14H,10,12H2,1-4H3,(H,24,27)(H,25,26). The Labute approximate surface area is 165 Å². The molecule has 2 amide bonds. The summed E-state index contributed by atoms with van der Waals surface area (Å²) >= 11 is 0. The van der Waals surface area contributed by atoms with Gasteiger partial charge in [-0.05, 0) is 53.8 Å². The van der Waals surface area contributed by atoms with Gasteiger partial charge in [0.1, 0.15) is 5.58 Å². The molecule has 0 spiro atoms. The highest BCUT2D eigenvalue weighted by atomic mass is 16.3. The zero-order valence-electron chi connectivity index (χ0n) is 16.8. The van der Waals surface area contributed by atoms with Crippen molar-refractivity contribution < 1.29 is 14.0 Å². The zero-order valence-corrected chi connectivity index (χ0v) is 16.8. The third-order valence-electron chi connectivity index (χ3n) is 4.95. The van der Waals surface area contributed by atoms with Gasteiger partial charge in [-0.15, -0.1) is 0 Å². The van der Waals surface area contributed by atoms with Crippen molar-refractivity contribution in [1.82, 2.24) is 10.6 Å². The minimum Gasteiger partial charge on any atom is -0.464 e. The molecular weight excluding hydrogens is 352 g/mol. The summed E-state index contributed by atoms with van der Waals surface area (Å²) in [5, 5.41) is 6.52. The van der Waals surface area contributed by atoms with Crippen molar-refractivity contribution in [1.29, 1.82) is 0 Å². The minimum atomic E-state index is -0.126. The van der Waals surface area contributed by atoms with Gasteiger partial charge in [0, 0.05) is 30.1 Å². The quantitative estimate of drug-likeness (QED) is 0.679. The molecule has 2 N–H and O–H groups in total. The molecular formula is C23H26N2O3. The van der Waals surface area contributed by atoms with Crippen molar-refractivity contribution in [3.8, 4) is 0 Å². The molecule has 0 aliphatic rings. The van der Waals surface area contributed by atoms with Gasteiger partial charge in [-0.25, -0.2) is 0 Å². The number of carbonyl (C=O) groups excluding carboxylic acids is 2. The third-order valence-corrected chi connectivity index (χ3v) is 4.95. The number of hydrogen-bond acceptors (Lipinski definition) is 3. The van der Waals surface area contributed by atoms with Crippen LogP contribution in [0.25, 0.3) is 11.0 Å². The van der Waals surface area contributed by atoms with Crippen molar-refractivity contribution in [3.05, 3.63) is 70.5 Å². The van der Waals surface area contributed by atoms with E-state index in [4.69, 9.17) is 4.42 Å². The average Bonchev–Trinajstić information content (AvgIpc) is 3.06. The maximum Gasteiger partial charge on any atom is 0.251 e. The number of fused-ring (bicyclic) bond motifs is 1. The molecule has 5 heteroatoms. The van der Waals surface area contributed by atoms with E-state index in [1.54, 1.807) is 25.4 Å². The van der Waals surface area contributed by atoms with Gasteiger partial charge in [0.05, 0.1) is 12.7 Å². The predicted octanol–water partition coefficient (Wildman–Crippen LogP) is 4.08. The molecule has 0 saturated heterocycles. The largest absolute Gasteiger partial charge is 0.464 e. The molecule has 0 radical (unpaired) electrons. The van der Waals surface area contributed by atoms with Gasteiger partial charge in [-0.1, -0.05) is 26.0 Å². The Morgan fingerprint density at radius 3 is 2.46 bits per heavy atom. The van der Waals surface area contributed by atoms with Crippen LogP contribution in [-0.2, 0) is 17.8 Å². The molecule has 5 nitrogen and oxygen atoms in total. The van der Waals surface area contributed by atoms with Crippen LogP contribution < -0.4 is 10.6 Å². The SMILES string of the molecule is CNC(=O)c1ccc(CNC(=O)Cc2coc3cc(C)c(C(C)C)cc23)cc1. The van der Waals surface area contributed by atoms with E-state index in [-0.39, 0.29) is 18.2 Å². The number of nitrogens with one attached hydrogen (secondary N) is 2. The van der Waals surface area contributed by atoms with Crippen LogP contribution in [0.2, 0.25) is 0 Å². The summed E-state index contributed by atoms with van der Waals surface area (Å²) < 4.78 is 5.66. The summed E-state index contributed by atoms with van der Waals surface area (Å²) in [6.07, 6.45) is 1.94. The van der Waals surface area contributed by atoms with E-state index in [9.17, 15) is 9.59 Å². The molecule has 0 fully saturated rings. The van der Waals surface area contributed by atoms with Crippen LogP contribution in [-0.4, -0.2) is 18.9 Å². The second-order valence-electron chi connectivity index (χ2n) is 7.35. The molecule has 2 aromatic carbocycles. The first-order chi connectivity index (χ1) is 13.4. The van der Waals surface area contributed by atoms with Crippen LogP contribution in [0, 0.1) is 6.92 Å². The van der Waals surface area contributed by atoms with Crippen molar-refractivity contribution in [3.63, 3.8) is 0 Å². The highest BCUT2D eigenvalue weighted by molar-refractivity contribution is 5.94. The van der Waals surface area contributed by atoms with Crippen LogP contribution in [0.1, 0.15) is 52.4 Å². The number of furan rings is 1. The fraction of sp³-hybridized carbons (Fsp3) is 0.304. The average molecular weight is 378 g/mol. The lowest BCUT2D eigenvalue weighted by Crippen LogP contribution is -2.24. The highest BCUT2D eigenvalue weighted by Gasteiger charge is 2.14. The van der Waals surface area contributed by atoms with E-state index in [2.05, 4.69) is 37.5 Å². The molecule has 1 heterocycles. The summed E-state index contributed by atoms with van der Waals surface area (Å²) in [5.41, 5.74) is 5.72. The number of carbonyl (C=O) groups is 2. The maximum absolute atomic E-state index is 12.4. The topological polar surface area (TPSA) is 71.3 Å². The third kappa shape index (κ3) is 4.25. The van der Waals surface area contributed by atoms with Gasteiger partial charge in [0.25, 0.3) is 5.91 Å². The lowest BCUT2D eigenvalue weighted by Gasteiger charge is -2.10. The number of benzene rings is 2. The van der Waals surface area contributed by atoms with Crippen molar-refractivity contribution in [2.45, 2.75) is 39.7 Å². The molecule has 0 bridgehead atoms.